The molecule has 2 N–H and O–H groups in total. The predicted molar refractivity (Wildman–Crippen MR) is 89.2 cm³/mol. The summed E-state index contributed by atoms with van der Waals surface area (Å²) in [6.07, 6.45) is 0. The SMILES string of the molecule is CNS(=O)(=O)c1cc(NC(=O)c2cc(C)sc2C)ccc1C. The van der Waals surface area contributed by atoms with Crippen LogP contribution in [0.1, 0.15) is 25.7 Å². The number of anilines is 1. The zero-order chi connectivity index (χ0) is 16.5. The molecule has 1 amide bonds. The second-order valence-corrected chi connectivity index (χ2v) is 8.28. The van der Waals surface area contributed by atoms with Gasteiger partial charge in [0.2, 0.25) is 10.0 Å². The maximum absolute atomic E-state index is 12.3. The number of carbonyl (C=O) groups is 1. The van der Waals surface area contributed by atoms with Gasteiger partial charge in [-0.2, -0.15) is 0 Å². The number of hydrogen-bond donors (Lipinski definition) is 2. The highest BCUT2D eigenvalue weighted by atomic mass is 32.2. The van der Waals surface area contributed by atoms with E-state index in [9.17, 15) is 13.2 Å². The molecule has 2 aromatic rings. The first-order chi connectivity index (χ1) is 10.2. The first-order valence-corrected chi connectivity index (χ1v) is 8.97. The molecule has 0 fully saturated rings. The van der Waals surface area contributed by atoms with Crippen molar-refractivity contribution < 1.29 is 13.2 Å². The summed E-state index contributed by atoms with van der Waals surface area (Å²) in [5, 5.41) is 2.75. The number of hydrogen-bond acceptors (Lipinski definition) is 4. The van der Waals surface area contributed by atoms with Gasteiger partial charge >= 0.3 is 0 Å². The number of aryl methyl sites for hydroxylation is 3. The van der Waals surface area contributed by atoms with Crippen molar-refractivity contribution in [2.45, 2.75) is 25.7 Å². The van der Waals surface area contributed by atoms with Gasteiger partial charge < -0.3 is 5.32 Å². The third-order valence-corrected chi connectivity index (χ3v) is 5.81. The van der Waals surface area contributed by atoms with Crippen LogP contribution in [-0.4, -0.2) is 21.4 Å². The molecule has 0 saturated carbocycles. The summed E-state index contributed by atoms with van der Waals surface area (Å²) in [6, 6.07) is 6.66. The Morgan fingerprint density at radius 2 is 1.82 bits per heavy atom. The van der Waals surface area contributed by atoms with Crippen molar-refractivity contribution in [3.8, 4) is 0 Å². The third kappa shape index (κ3) is 3.37. The Hall–Kier alpha value is -1.70. The molecular weight excluding hydrogens is 320 g/mol. The average molecular weight is 338 g/mol. The van der Waals surface area contributed by atoms with E-state index in [4.69, 9.17) is 0 Å². The molecule has 0 atom stereocenters. The van der Waals surface area contributed by atoms with E-state index in [1.807, 2.05) is 19.9 Å². The van der Waals surface area contributed by atoms with Gasteiger partial charge in [0, 0.05) is 15.4 Å². The van der Waals surface area contributed by atoms with Crippen molar-refractivity contribution in [3.05, 3.63) is 45.1 Å². The van der Waals surface area contributed by atoms with Crippen LogP contribution in [-0.2, 0) is 10.0 Å². The Kier molecular flexibility index (Phi) is 4.69. The molecule has 0 saturated heterocycles. The van der Waals surface area contributed by atoms with Gasteiger partial charge in [-0.15, -0.1) is 11.3 Å². The molecular formula is C15H18N2O3S2. The lowest BCUT2D eigenvalue weighted by molar-refractivity contribution is 0.102. The van der Waals surface area contributed by atoms with Crippen molar-refractivity contribution >= 4 is 33.0 Å². The smallest absolute Gasteiger partial charge is 0.256 e. The van der Waals surface area contributed by atoms with Gasteiger partial charge in [-0.3, -0.25) is 4.79 Å². The molecule has 1 aromatic heterocycles. The van der Waals surface area contributed by atoms with E-state index in [1.54, 1.807) is 30.4 Å². The van der Waals surface area contributed by atoms with Crippen LogP contribution in [0.15, 0.2) is 29.2 Å². The fourth-order valence-corrected chi connectivity index (χ4v) is 4.05. The minimum atomic E-state index is -3.56. The van der Waals surface area contributed by atoms with Crippen molar-refractivity contribution in [1.29, 1.82) is 0 Å². The van der Waals surface area contributed by atoms with Gasteiger partial charge in [-0.1, -0.05) is 6.07 Å². The van der Waals surface area contributed by atoms with Gasteiger partial charge in [0.15, 0.2) is 0 Å². The van der Waals surface area contributed by atoms with E-state index in [2.05, 4.69) is 10.0 Å². The molecule has 1 aromatic carbocycles. The lowest BCUT2D eigenvalue weighted by Gasteiger charge is -2.10. The second kappa shape index (κ2) is 6.20. The Bertz CT molecular complexity index is 823. The largest absolute Gasteiger partial charge is 0.322 e. The molecule has 2 rings (SSSR count). The quantitative estimate of drug-likeness (QED) is 0.900. The highest BCUT2D eigenvalue weighted by Crippen LogP contribution is 2.23. The Morgan fingerprint density at radius 1 is 1.14 bits per heavy atom. The van der Waals surface area contributed by atoms with Crippen LogP contribution in [0.5, 0.6) is 0 Å². The summed E-state index contributed by atoms with van der Waals surface area (Å²) >= 11 is 1.55. The number of thiophene rings is 1. The molecule has 5 nitrogen and oxygen atoms in total. The Balaban J connectivity index is 2.33. The first kappa shape index (κ1) is 16.7. The number of nitrogens with one attached hydrogen (secondary N) is 2. The van der Waals surface area contributed by atoms with Crippen LogP contribution in [0.2, 0.25) is 0 Å². The first-order valence-electron chi connectivity index (χ1n) is 6.67. The van der Waals surface area contributed by atoms with Gasteiger partial charge in [-0.25, -0.2) is 13.1 Å². The highest BCUT2D eigenvalue weighted by molar-refractivity contribution is 7.89. The van der Waals surface area contributed by atoms with E-state index in [1.165, 1.54) is 13.1 Å². The summed E-state index contributed by atoms with van der Waals surface area (Å²) in [5.41, 5.74) is 1.68. The summed E-state index contributed by atoms with van der Waals surface area (Å²) < 4.78 is 26.2. The maximum Gasteiger partial charge on any atom is 0.256 e. The molecule has 0 aliphatic carbocycles. The summed E-state index contributed by atoms with van der Waals surface area (Å²) in [4.78, 5) is 14.4. The van der Waals surface area contributed by atoms with E-state index < -0.39 is 10.0 Å². The molecule has 22 heavy (non-hydrogen) atoms. The van der Waals surface area contributed by atoms with Crippen LogP contribution in [0, 0.1) is 20.8 Å². The lowest BCUT2D eigenvalue weighted by Crippen LogP contribution is -2.20. The van der Waals surface area contributed by atoms with Gasteiger partial charge in [-0.05, 0) is 51.6 Å². The number of sulfonamides is 1. The number of rotatable bonds is 4. The van der Waals surface area contributed by atoms with Crippen LogP contribution in [0.4, 0.5) is 5.69 Å². The molecule has 1 heterocycles. The zero-order valence-corrected chi connectivity index (χ0v) is 14.5. The van der Waals surface area contributed by atoms with E-state index >= 15 is 0 Å². The van der Waals surface area contributed by atoms with E-state index in [0.29, 0.717) is 16.8 Å². The predicted octanol–water partition coefficient (Wildman–Crippen LogP) is 2.83. The lowest BCUT2D eigenvalue weighted by atomic mass is 10.2. The minimum absolute atomic E-state index is 0.158. The monoisotopic (exact) mass is 338 g/mol. The third-order valence-electron chi connectivity index (χ3n) is 3.29. The van der Waals surface area contributed by atoms with Crippen molar-refractivity contribution in [1.82, 2.24) is 4.72 Å². The summed E-state index contributed by atoms with van der Waals surface area (Å²) in [7, 11) is -2.20. The molecule has 7 heteroatoms. The molecule has 0 aliphatic rings. The zero-order valence-electron chi connectivity index (χ0n) is 12.9. The van der Waals surface area contributed by atoms with Crippen molar-refractivity contribution in [3.63, 3.8) is 0 Å². The number of amides is 1. The molecule has 0 spiro atoms. The van der Waals surface area contributed by atoms with E-state index in [0.717, 1.165) is 9.75 Å². The topological polar surface area (TPSA) is 75.3 Å². The van der Waals surface area contributed by atoms with Crippen molar-refractivity contribution in [2.75, 3.05) is 12.4 Å². The fourth-order valence-electron chi connectivity index (χ4n) is 2.13. The van der Waals surface area contributed by atoms with Crippen LogP contribution >= 0.6 is 11.3 Å². The van der Waals surface area contributed by atoms with Crippen LogP contribution in [0.3, 0.4) is 0 Å². The summed E-state index contributed by atoms with van der Waals surface area (Å²) in [6.45, 7) is 5.54. The normalized spacial score (nSPS) is 11.5. The molecule has 118 valence electrons. The molecule has 0 bridgehead atoms. The Labute approximate surface area is 134 Å². The van der Waals surface area contributed by atoms with Crippen molar-refractivity contribution in [2.24, 2.45) is 0 Å². The minimum Gasteiger partial charge on any atom is -0.322 e. The van der Waals surface area contributed by atoms with Gasteiger partial charge in [0.05, 0.1) is 10.5 Å². The van der Waals surface area contributed by atoms with Gasteiger partial charge in [0.1, 0.15) is 0 Å². The average Bonchev–Trinajstić information content (AvgIpc) is 2.79. The van der Waals surface area contributed by atoms with E-state index in [-0.39, 0.29) is 10.8 Å². The number of benzene rings is 1. The van der Waals surface area contributed by atoms with Crippen LogP contribution < -0.4 is 10.0 Å². The van der Waals surface area contributed by atoms with Crippen LogP contribution in [0.25, 0.3) is 0 Å². The molecule has 0 unspecified atom stereocenters. The maximum atomic E-state index is 12.3. The number of carbonyl (C=O) groups excluding carboxylic acids is 1. The highest BCUT2D eigenvalue weighted by Gasteiger charge is 2.17. The fraction of sp³-hybridized carbons (Fsp3) is 0.267. The molecule has 0 aliphatic heterocycles. The Morgan fingerprint density at radius 3 is 2.36 bits per heavy atom. The summed E-state index contributed by atoms with van der Waals surface area (Å²) in [5.74, 6) is -0.237. The second-order valence-electron chi connectivity index (χ2n) is 4.97. The standard InChI is InChI=1S/C15H18N2O3S2/c1-9-5-6-12(8-14(9)22(19,20)16-4)17-15(18)13-7-10(2)21-11(13)3/h5-8,16H,1-4H3,(H,17,18). The molecule has 0 radical (unpaired) electrons. The van der Waals surface area contributed by atoms with Gasteiger partial charge in [0.25, 0.3) is 5.91 Å².